The first-order valence-electron chi connectivity index (χ1n) is 11.9. The molecule has 0 bridgehead atoms. The number of ether oxygens (including phenoxy) is 1. The molecular formula is C27H35N3O3. The normalized spacial score (nSPS) is 20.8. The van der Waals surface area contributed by atoms with Crippen LogP contribution < -0.4 is 10.1 Å². The molecule has 2 aromatic rings. The van der Waals surface area contributed by atoms with Gasteiger partial charge in [-0.05, 0) is 48.4 Å². The van der Waals surface area contributed by atoms with E-state index in [0.717, 1.165) is 30.9 Å². The van der Waals surface area contributed by atoms with Gasteiger partial charge in [0, 0.05) is 26.2 Å². The number of hydrogen-bond acceptors (Lipinski definition) is 4. The lowest BCUT2D eigenvalue weighted by Crippen LogP contribution is -2.72. The third kappa shape index (κ3) is 5.06. The van der Waals surface area contributed by atoms with Crippen molar-refractivity contribution in [2.45, 2.75) is 57.8 Å². The minimum Gasteiger partial charge on any atom is -0.497 e. The van der Waals surface area contributed by atoms with Gasteiger partial charge in [0.15, 0.2) is 0 Å². The van der Waals surface area contributed by atoms with Gasteiger partial charge in [-0.25, -0.2) is 0 Å². The van der Waals surface area contributed by atoms with Gasteiger partial charge >= 0.3 is 0 Å². The fraction of sp³-hybridized carbons (Fsp3) is 0.481. The molecule has 2 aromatic carbocycles. The van der Waals surface area contributed by atoms with Gasteiger partial charge in [0.25, 0.3) is 0 Å². The van der Waals surface area contributed by atoms with Gasteiger partial charge < -0.3 is 15.0 Å². The molecule has 2 aliphatic rings. The van der Waals surface area contributed by atoms with E-state index in [1.165, 1.54) is 5.56 Å². The van der Waals surface area contributed by atoms with Crippen LogP contribution in [0.5, 0.6) is 5.75 Å². The zero-order valence-electron chi connectivity index (χ0n) is 19.9. The molecule has 0 aromatic heterocycles. The van der Waals surface area contributed by atoms with Gasteiger partial charge in [-0.1, -0.05) is 56.3 Å². The summed E-state index contributed by atoms with van der Waals surface area (Å²) in [5, 5.41) is 3.09. The van der Waals surface area contributed by atoms with Crippen molar-refractivity contribution in [3.05, 3.63) is 65.7 Å². The Kier molecular flexibility index (Phi) is 7.03. The summed E-state index contributed by atoms with van der Waals surface area (Å²) in [7, 11) is 1.64. The third-order valence-corrected chi connectivity index (χ3v) is 6.95. The van der Waals surface area contributed by atoms with E-state index in [-0.39, 0.29) is 11.8 Å². The molecule has 1 spiro atoms. The van der Waals surface area contributed by atoms with Crippen molar-refractivity contribution in [2.24, 2.45) is 5.92 Å². The van der Waals surface area contributed by atoms with Crippen LogP contribution in [0, 0.1) is 5.92 Å². The Morgan fingerprint density at radius 2 is 1.61 bits per heavy atom. The first-order chi connectivity index (χ1) is 15.9. The molecule has 2 aliphatic heterocycles. The third-order valence-electron chi connectivity index (χ3n) is 6.95. The average molecular weight is 450 g/mol. The van der Waals surface area contributed by atoms with Gasteiger partial charge in [0.1, 0.15) is 17.3 Å². The summed E-state index contributed by atoms with van der Waals surface area (Å²) in [5.41, 5.74) is 1.48. The first kappa shape index (κ1) is 23.3. The fourth-order valence-corrected chi connectivity index (χ4v) is 5.07. The summed E-state index contributed by atoms with van der Waals surface area (Å²) in [5.74, 6) is 1.14. The van der Waals surface area contributed by atoms with E-state index in [2.05, 4.69) is 48.3 Å². The van der Waals surface area contributed by atoms with E-state index in [9.17, 15) is 9.59 Å². The van der Waals surface area contributed by atoms with Crippen molar-refractivity contribution in [2.75, 3.05) is 20.2 Å². The van der Waals surface area contributed by atoms with Crippen molar-refractivity contribution in [3.63, 3.8) is 0 Å². The molecule has 6 nitrogen and oxygen atoms in total. The monoisotopic (exact) mass is 449 g/mol. The Bertz CT molecular complexity index is 950. The van der Waals surface area contributed by atoms with E-state index in [1.54, 1.807) is 7.11 Å². The molecule has 6 heteroatoms. The molecule has 176 valence electrons. The van der Waals surface area contributed by atoms with Crippen LogP contribution in [0.4, 0.5) is 0 Å². The lowest BCUT2D eigenvalue weighted by molar-refractivity contribution is -0.162. The molecular weight excluding hydrogens is 414 g/mol. The second-order valence-electron chi connectivity index (χ2n) is 9.72. The topological polar surface area (TPSA) is 61.9 Å². The van der Waals surface area contributed by atoms with E-state index < -0.39 is 11.6 Å². The maximum Gasteiger partial charge on any atom is 0.246 e. The predicted octanol–water partition coefficient (Wildman–Crippen LogP) is 3.60. The smallest absolute Gasteiger partial charge is 0.246 e. The maximum absolute atomic E-state index is 13.7. The molecule has 1 unspecified atom stereocenters. The Labute approximate surface area is 196 Å². The summed E-state index contributed by atoms with van der Waals surface area (Å²) >= 11 is 0. The lowest BCUT2D eigenvalue weighted by Gasteiger charge is -2.52. The van der Waals surface area contributed by atoms with Crippen LogP contribution in [0.15, 0.2) is 54.6 Å². The number of hydrogen-bond donors (Lipinski definition) is 1. The molecule has 2 amide bonds. The highest BCUT2D eigenvalue weighted by Crippen LogP contribution is 2.35. The van der Waals surface area contributed by atoms with E-state index in [1.807, 2.05) is 35.2 Å². The first-order valence-corrected chi connectivity index (χ1v) is 11.9. The van der Waals surface area contributed by atoms with Gasteiger partial charge in [-0.2, -0.15) is 0 Å². The summed E-state index contributed by atoms with van der Waals surface area (Å²) in [6.07, 6.45) is 1.93. The number of amides is 2. The Hall–Kier alpha value is -2.86. The van der Waals surface area contributed by atoms with Gasteiger partial charge in [0.05, 0.1) is 7.11 Å². The molecule has 2 fully saturated rings. The van der Waals surface area contributed by atoms with Gasteiger partial charge in [-0.3, -0.25) is 14.5 Å². The summed E-state index contributed by atoms with van der Waals surface area (Å²) in [4.78, 5) is 31.4. The largest absolute Gasteiger partial charge is 0.497 e. The Morgan fingerprint density at radius 3 is 2.21 bits per heavy atom. The zero-order chi connectivity index (χ0) is 23.4. The van der Waals surface area contributed by atoms with Gasteiger partial charge in [-0.15, -0.1) is 0 Å². The number of piperidine rings is 1. The number of carbonyl (C=O) groups is 2. The SMILES string of the molecule is COc1ccc(CN2C(=O)C(CC(C)C)NC(=O)C23CCN(Cc2ccccc2)CC3)cc1. The minimum absolute atomic E-state index is 0.000577. The van der Waals surface area contributed by atoms with Crippen molar-refractivity contribution in [3.8, 4) is 5.75 Å². The number of benzene rings is 2. The number of piperazine rings is 1. The number of methoxy groups -OCH3 is 1. The van der Waals surface area contributed by atoms with E-state index in [0.29, 0.717) is 31.7 Å². The molecule has 4 rings (SSSR count). The highest BCUT2D eigenvalue weighted by atomic mass is 16.5. The molecule has 0 radical (unpaired) electrons. The van der Waals surface area contributed by atoms with Crippen LogP contribution in [-0.2, 0) is 22.7 Å². The van der Waals surface area contributed by atoms with Crippen molar-refractivity contribution in [1.82, 2.24) is 15.1 Å². The lowest BCUT2D eigenvalue weighted by atomic mass is 9.80. The standard InChI is InChI=1S/C27H35N3O3/c1-20(2)17-24-25(31)30(19-22-9-11-23(33-3)12-10-22)27(26(32)28-24)13-15-29(16-14-27)18-21-7-5-4-6-8-21/h4-12,20,24H,13-19H2,1-3H3,(H,28,32). The number of nitrogens with one attached hydrogen (secondary N) is 1. The van der Waals surface area contributed by atoms with E-state index in [4.69, 9.17) is 4.74 Å². The second-order valence-corrected chi connectivity index (χ2v) is 9.72. The predicted molar refractivity (Wildman–Crippen MR) is 129 cm³/mol. The van der Waals surface area contributed by atoms with Crippen LogP contribution in [0.25, 0.3) is 0 Å². The molecule has 0 aliphatic carbocycles. The summed E-state index contributed by atoms with van der Waals surface area (Å²) < 4.78 is 5.28. The van der Waals surface area contributed by atoms with Gasteiger partial charge in [0.2, 0.25) is 11.8 Å². The van der Waals surface area contributed by atoms with Crippen LogP contribution in [-0.4, -0.2) is 53.4 Å². The molecule has 1 atom stereocenters. The fourth-order valence-electron chi connectivity index (χ4n) is 5.07. The minimum atomic E-state index is -0.794. The highest BCUT2D eigenvalue weighted by Gasteiger charge is 2.53. The van der Waals surface area contributed by atoms with Crippen molar-refractivity contribution < 1.29 is 14.3 Å². The van der Waals surface area contributed by atoms with Crippen molar-refractivity contribution in [1.29, 1.82) is 0 Å². The molecule has 2 saturated heterocycles. The Morgan fingerprint density at radius 1 is 0.970 bits per heavy atom. The van der Waals surface area contributed by atoms with Crippen LogP contribution in [0.3, 0.4) is 0 Å². The quantitative estimate of drug-likeness (QED) is 0.702. The average Bonchev–Trinajstić information content (AvgIpc) is 2.82. The van der Waals surface area contributed by atoms with E-state index >= 15 is 0 Å². The van der Waals surface area contributed by atoms with Crippen molar-refractivity contribution >= 4 is 11.8 Å². The number of rotatable bonds is 7. The zero-order valence-corrected chi connectivity index (χ0v) is 19.9. The molecule has 0 saturated carbocycles. The van der Waals surface area contributed by atoms with Crippen LogP contribution in [0.1, 0.15) is 44.2 Å². The maximum atomic E-state index is 13.7. The number of nitrogens with zero attached hydrogens (tertiary/aromatic N) is 2. The van der Waals surface area contributed by atoms with Crippen LogP contribution in [0.2, 0.25) is 0 Å². The summed E-state index contributed by atoms with van der Waals surface area (Å²) in [6, 6.07) is 17.7. The highest BCUT2D eigenvalue weighted by molar-refractivity contribution is 6.00. The number of likely N-dealkylation sites (tertiary alicyclic amines) is 1. The Balaban J connectivity index is 1.55. The second kappa shape index (κ2) is 9.96. The summed E-state index contributed by atoms with van der Waals surface area (Å²) in [6.45, 7) is 7.02. The molecule has 1 N–H and O–H groups in total. The molecule has 33 heavy (non-hydrogen) atoms. The molecule has 2 heterocycles. The number of carbonyl (C=O) groups excluding carboxylic acids is 2. The van der Waals surface area contributed by atoms with Crippen LogP contribution >= 0.6 is 0 Å².